The zero-order valence-electron chi connectivity index (χ0n) is 12.2. The molecule has 2 aliphatic heterocycles. The van der Waals surface area contributed by atoms with Gasteiger partial charge in [0.05, 0.1) is 11.3 Å². The molecule has 0 saturated carbocycles. The fourth-order valence-corrected chi connectivity index (χ4v) is 3.40. The Hall–Kier alpha value is -1.84. The van der Waals surface area contributed by atoms with Crippen LogP contribution in [0.5, 0.6) is 0 Å². The Bertz CT molecular complexity index is 582. The number of rotatable bonds is 1. The van der Waals surface area contributed by atoms with E-state index in [0.29, 0.717) is 12.1 Å². The van der Waals surface area contributed by atoms with Crippen LogP contribution in [0.3, 0.4) is 0 Å². The average Bonchev–Trinajstić information content (AvgIpc) is 2.79. The number of carbonyl (C=O) groups is 2. The molecule has 0 radical (unpaired) electrons. The molecule has 0 aliphatic carbocycles. The SMILES string of the molecule is CC(C)N1C(=O)[C@]2(C)CCCN2C(=O)c2ccccc21. The number of hydrogen-bond acceptors (Lipinski definition) is 2. The third kappa shape index (κ3) is 1.60. The van der Waals surface area contributed by atoms with E-state index in [1.807, 2.05) is 45.0 Å². The van der Waals surface area contributed by atoms with Gasteiger partial charge in [-0.15, -0.1) is 0 Å². The van der Waals surface area contributed by atoms with E-state index >= 15 is 0 Å². The lowest BCUT2D eigenvalue weighted by Gasteiger charge is -2.36. The van der Waals surface area contributed by atoms with Crippen LogP contribution in [0, 0.1) is 0 Å². The number of carbonyl (C=O) groups excluding carboxylic acids is 2. The Kier molecular flexibility index (Phi) is 2.85. The van der Waals surface area contributed by atoms with Crippen molar-refractivity contribution < 1.29 is 9.59 Å². The second kappa shape index (κ2) is 4.33. The van der Waals surface area contributed by atoms with Gasteiger partial charge in [-0.2, -0.15) is 0 Å². The molecule has 4 nitrogen and oxygen atoms in total. The van der Waals surface area contributed by atoms with Gasteiger partial charge in [0.25, 0.3) is 11.8 Å². The number of para-hydroxylation sites is 1. The van der Waals surface area contributed by atoms with E-state index in [9.17, 15) is 9.59 Å². The second-order valence-corrected chi connectivity index (χ2v) is 6.12. The predicted molar refractivity (Wildman–Crippen MR) is 77.7 cm³/mol. The maximum atomic E-state index is 13.0. The Balaban J connectivity index is 2.24. The monoisotopic (exact) mass is 272 g/mol. The zero-order valence-corrected chi connectivity index (χ0v) is 12.2. The van der Waals surface area contributed by atoms with Gasteiger partial charge in [-0.25, -0.2) is 0 Å². The number of fused-ring (bicyclic) bond motifs is 2. The van der Waals surface area contributed by atoms with E-state index in [1.165, 1.54) is 0 Å². The van der Waals surface area contributed by atoms with Crippen molar-refractivity contribution in [1.29, 1.82) is 0 Å². The van der Waals surface area contributed by atoms with Gasteiger partial charge in [-0.1, -0.05) is 12.1 Å². The predicted octanol–water partition coefficient (Wildman–Crippen LogP) is 2.44. The summed E-state index contributed by atoms with van der Waals surface area (Å²) >= 11 is 0. The van der Waals surface area contributed by atoms with E-state index in [1.54, 1.807) is 9.80 Å². The van der Waals surface area contributed by atoms with Crippen LogP contribution < -0.4 is 4.90 Å². The molecule has 4 heteroatoms. The summed E-state index contributed by atoms with van der Waals surface area (Å²) in [5.41, 5.74) is 0.689. The van der Waals surface area contributed by atoms with Gasteiger partial charge >= 0.3 is 0 Å². The minimum atomic E-state index is -0.694. The van der Waals surface area contributed by atoms with Gasteiger partial charge in [0.2, 0.25) is 0 Å². The van der Waals surface area contributed by atoms with Crippen LogP contribution in [-0.4, -0.2) is 34.8 Å². The molecule has 0 N–H and O–H groups in total. The minimum Gasteiger partial charge on any atom is -0.324 e. The van der Waals surface area contributed by atoms with E-state index in [-0.39, 0.29) is 17.9 Å². The highest BCUT2D eigenvalue weighted by Gasteiger charge is 2.51. The number of anilines is 1. The van der Waals surface area contributed by atoms with Crippen LogP contribution in [0.2, 0.25) is 0 Å². The first kappa shape index (κ1) is 13.2. The Morgan fingerprint density at radius 3 is 2.60 bits per heavy atom. The zero-order chi connectivity index (χ0) is 14.5. The molecule has 0 aromatic heterocycles. The van der Waals surface area contributed by atoms with E-state index in [4.69, 9.17) is 0 Å². The number of benzene rings is 1. The van der Waals surface area contributed by atoms with Crippen molar-refractivity contribution in [3.05, 3.63) is 29.8 Å². The minimum absolute atomic E-state index is 0.0166. The van der Waals surface area contributed by atoms with E-state index < -0.39 is 5.54 Å². The highest BCUT2D eigenvalue weighted by Crippen LogP contribution is 2.39. The van der Waals surface area contributed by atoms with Crippen molar-refractivity contribution in [2.45, 2.75) is 45.2 Å². The lowest BCUT2D eigenvalue weighted by Crippen LogP contribution is -2.55. The molecule has 0 spiro atoms. The second-order valence-electron chi connectivity index (χ2n) is 6.12. The van der Waals surface area contributed by atoms with Gasteiger partial charge in [-0.05, 0) is 45.7 Å². The fraction of sp³-hybridized carbons (Fsp3) is 0.500. The van der Waals surface area contributed by atoms with Crippen molar-refractivity contribution in [3.8, 4) is 0 Å². The summed E-state index contributed by atoms with van der Waals surface area (Å²) in [7, 11) is 0. The van der Waals surface area contributed by atoms with Crippen molar-refractivity contribution >= 4 is 17.5 Å². The number of hydrogen-bond donors (Lipinski definition) is 0. The molecular weight excluding hydrogens is 252 g/mol. The Morgan fingerprint density at radius 1 is 1.20 bits per heavy atom. The molecule has 1 atom stereocenters. The molecule has 1 aromatic rings. The number of amides is 2. The Morgan fingerprint density at radius 2 is 1.90 bits per heavy atom. The van der Waals surface area contributed by atoms with Crippen molar-refractivity contribution in [2.24, 2.45) is 0 Å². The summed E-state index contributed by atoms with van der Waals surface area (Å²) in [4.78, 5) is 29.4. The summed E-state index contributed by atoms with van der Waals surface area (Å²) in [5.74, 6) is 0.0281. The summed E-state index contributed by atoms with van der Waals surface area (Å²) in [6.45, 7) is 6.56. The van der Waals surface area contributed by atoms with E-state index in [0.717, 1.165) is 18.5 Å². The van der Waals surface area contributed by atoms with Crippen LogP contribution in [0.1, 0.15) is 44.0 Å². The normalized spacial score (nSPS) is 25.8. The first-order valence-electron chi connectivity index (χ1n) is 7.21. The summed E-state index contributed by atoms with van der Waals surface area (Å²) < 4.78 is 0. The molecule has 1 saturated heterocycles. The largest absolute Gasteiger partial charge is 0.324 e. The highest BCUT2D eigenvalue weighted by atomic mass is 16.2. The van der Waals surface area contributed by atoms with Crippen LogP contribution >= 0.6 is 0 Å². The van der Waals surface area contributed by atoms with E-state index in [2.05, 4.69) is 0 Å². The first-order valence-corrected chi connectivity index (χ1v) is 7.21. The average molecular weight is 272 g/mol. The molecule has 0 unspecified atom stereocenters. The van der Waals surface area contributed by atoms with Gasteiger partial charge in [0.15, 0.2) is 0 Å². The summed E-state index contributed by atoms with van der Waals surface area (Å²) in [6.07, 6.45) is 1.64. The summed E-state index contributed by atoms with van der Waals surface area (Å²) in [5, 5.41) is 0. The summed E-state index contributed by atoms with van der Waals surface area (Å²) in [6, 6.07) is 7.47. The van der Waals surface area contributed by atoms with Crippen molar-refractivity contribution in [2.75, 3.05) is 11.4 Å². The third-order valence-corrected chi connectivity index (χ3v) is 4.48. The van der Waals surface area contributed by atoms with Gasteiger partial charge in [-0.3, -0.25) is 9.59 Å². The number of nitrogens with zero attached hydrogens (tertiary/aromatic N) is 2. The quantitative estimate of drug-likeness (QED) is 0.788. The van der Waals surface area contributed by atoms with Crippen LogP contribution in [-0.2, 0) is 4.79 Å². The molecule has 20 heavy (non-hydrogen) atoms. The third-order valence-electron chi connectivity index (χ3n) is 4.48. The standard InChI is InChI=1S/C16H20N2O2/c1-11(2)18-13-8-5-4-7-12(13)14(19)17-10-6-9-16(17,3)15(18)20/h4-5,7-8,11H,6,9-10H2,1-3H3/t16-/m0/s1. The maximum Gasteiger partial charge on any atom is 0.256 e. The molecule has 106 valence electrons. The topological polar surface area (TPSA) is 40.6 Å². The van der Waals surface area contributed by atoms with Crippen molar-refractivity contribution in [1.82, 2.24) is 4.90 Å². The Labute approximate surface area is 119 Å². The van der Waals surface area contributed by atoms with Gasteiger partial charge in [0.1, 0.15) is 5.54 Å². The van der Waals surface area contributed by atoms with Crippen molar-refractivity contribution in [3.63, 3.8) is 0 Å². The molecular formula is C16H20N2O2. The molecule has 2 amide bonds. The fourth-order valence-electron chi connectivity index (χ4n) is 3.40. The molecule has 0 bridgehead atoms. The molecule has 1 aromatic carbocycles. The lowest BCUT2D eigenvalue weighted by atomic mass is 9.96. The molecule has 3 rings (SSSR count). The van der Waals surface area contributed by atoms with Crippen LogP contribution in [0.15, 0.2) is 24.3 Å². The van der Waals surface area contributed by atoms with Gasteiger partial charge in [0, 0.05) is 12.6 Å². The van der Waals surface area contributed by atoms with Gasteiger partial charge < -0.3 is 9.80 Å². The van der Waals surface area contributed by atoms with Crippen LogP contribution in [0.25, 0.3) is 0 Å². The smallest absolute Gasteiger partial charge is 0.256 e. The highest BCUT2D eigenvalue weighted by molar-refractivity contribution is 6.13. The molecule has 2 heterocycles. The first-order chi connectivity index (χ1) is 9.47. The van der Waals surface area contributed by atoms with Crippen LogP contribution in [0.4, 0.5) is 5.69 Å². The lowest BCUT2D eigenvalue weighted by molar-refractivity contribution is -0.127. The maximum absolute atomic E-state index is 13.0. The molecule has 1 fully saturated rings. The molecule has 2 aliphatic rings.